The van der Waals surface area contributed by atoms with Gasteiger partial charge in [0.2, 0.25) is 0 Å². The van der Waals surface area contributed by atoms with Crippen molar-refractivity contribution in [3.8, 4) is 0 Å². The highest BCUT2D eigenvalue weighted by Crippen LogP contribution is 2.38. The van der Waals surface area contributed by atoms with Gasteiger partial charge in [0.05, 0.1) is 12.2 Å². The summed E-state index contributed by atoms with van der Waals surface area (Å²) in [5.74, 6) is 0. The number of benzene rings is 1. The second kappa shape index (κ2) is 5.24. The van der Waals surface area contributed by atoms with E-state index in [1.807, 2.05) is 12.1 Å². The molecule has 1 aromatic carbocycles. The summed E-state index contributed by atoms with van der Waals surface area (Å²) in [6, 6.07) is 7.99. The van der Waals surface area contributed by atoms with Crippen molar-refractivity contribution >= 4 is 17.7 Å². The summed E-state index contributed by atoms with van der Waals surface area (Å²) in [7, 11) is 0. The molecule has 92 valence electrons. The van der Waals surface area contributed by atoms with Crippen molar-refractivity contribution in [2.75, 3.05) is 6.61 Å². The van der Waals surface area contributed by atoms with E-state index in [0.29, 0.717) is 0 Å². The standard InChI is InChI=1S/C15H19ClO/c1-3-15(4-2)13(9-10-17-15)11-12-5-7-14(16)8-6-12/h5-8,11H,3-4,9-10H2,1-2H3/b13-11-. The first-order valence-electron chi connectivity index (χ1n) is 6.31. The van der Waals surface area contributed by atoms with Crippen molar-refractivity contribution in [1.29, 1.82) is 0 Å². The predicted molar refractivity (Wildman–Crippen MR) is 73.3 cm³/mol. The van der Waals surface area contributed by atoms with Gasteiger partial charge in [0.25, 0.3) is 0 Å². The average Bonchev–Trinajstić information content (AvgIpc) is 2.75. The van der Waals surface area contributed by atoms with Crippen LogP contribution in [-0.4, -0.2) is 12.2 Å². The highest BCUT2D eigenvalue weighted by molar-refractivity contribution is 6.30. The van der Waals surface area contributed by atoms with Gasteiger partial charge >= 0.3 is 0 Å². The van der Waals surface area contributed by atoms with Crippen LogP contribution in [0.3, 0.4) is 0 Å². The molecular formula is C15H19ClO. The van der Waals surface area contributed by atoms with E-state index in [0.717, 1.165) is 30.9 Å². The van der Waals surface area contributed by atoms with Crippen LogP contribution < -0.4 is 0 Å². The molecular weight excluding hydrogens is 232 g/mol. The largest absolute Gasteiger partial charge is 0.370 e. The molecule has 0 amide bonds. The zero-order chi connectivity index (χ0) is 12.3. The van der Waals surface area contributed by atoms with Crippen molar-refractivity contribution in [1.82, 2.24) is 0 Å². The van der Waals surface area contributed by atoms with Gasteiger partial charge < -0.3 is 4.74 Å². The lowest BCUT2D eigenvalue weighted by Crippen LogP contribution is -2.27. The Labute approximate surface area is 108 Å². The topological polar surface area (TPSA) is 9.23 Å². The fourth-order valence-corrected chi connectivity index (χ4v) is 2.67. The van der Waals surface area contributed by atoms with Gasteiger partial charge in [-0.3, -0.25) is 0 Å². The summed E-state index contributed by atoms with van der Waals surface area (Å²) in [6.07, 6.45) is 5.40. The highest BCUT2D eigenvalue weighted by Gasteiger charge is 2.35. The van der Waals surface area contributed by atoms with E-state index in [2.05, 4.69) is 32.1 Å². The van der Waals surface area contributed by atoms with Crippen LogP contribution in [0.15, 0.2) is 29.8 Å². The maximum Gasteiger partial charge on any atom is 0.0890 e. The molecule has 0 bridgehead atoms. The zero-order valence-corrected chi connectivity index (χ0v) is 11.3. The van der Waals surface area contributed by atoms with E-state index >= 15 is 0 Å². The Kier molecular flexibility index (Phi) is 3.90. The van der Waals surface area contributed by atoms with Gasteiger partial charge in [-0.1, -0.05) is 43.7 Å². The number of ether oxygens (including phenoxy) is 1. The molecule has 1 saturated heterocycles. The molecule has 0 radical (unpaired) electrons. The van der Waals surface area contributed by atoms with Crippen LogP contribution in [0.4, 0.5) is 0 Å². The summed E-state index contributed by atoms with van der Waals surface area (Å²) >= 11 is 5.89. The third-order valence-electron chi connectivity index (χ3n) is 3.69. The van der Waals surface area contributed by atoms with Gasteiger partial charge in [-0.15, -0.1) is 0 Å². The normalized spacial score (nSPS) is 21.0. The third kappa shape index (κ3) is 2.56. The third-order valence-corrected chi connectivity index (χ3v) is 3.94. The molecule has 0 aromatic heterocycles. The van der Waals surface area contributed by atoms with E-state index in [-0.39, 0.29) is 5.60 Å². The summed E-state index contributed by atoms with van der Waals surface area (Å²) in [4.78, 5) is 0. The molecule has 2 rings (SSSR count). The molecule has 1 aliphatic rings. The van der Waals surface area contributed by atoms with Gasteiger partial charge in [-0.05, 0) is 42.5 Å². The van der Waals surface area contributed by atoms with E-state index in [1.54, 1.807) is 0 Å². The lowest BCUT2D eigenvalue weighted by Gasteiger charge is -2.27. The monoisotopic (exact) mass is 250 g/mol. The van der Waals surface area contributed by atoms with E-state index in [1.165, 1.54) is 11.1 Å². The molecule has 0 spiro atoms. The van der Waals surface area contributed by atoms with E-state index in [9.17, 15) is 0 Å². The molecule has 0 atom stereocenters. The van der Waals surface area contributed by atoms with Gasteiger partial charge in [0.1, 0.15) is 0 Å². The maximum absolute atomic E-state index is 5.95. The van der Waals surface area contributed by atoms with Crippen LogP contribution in [0.2, 0.25) is 5.02 Å². The van der Waals surface area contributed by atoms with Crippen LogP contribution >= 0.6 is 11.6 Å². The van der Waals surface area contributed by atoms with Crippen LogP contribution in [0.25, 0.3) is 6.08 Å². The Balaban J connectivity index is 2.29. The fraction of sp³-hybridized carbons (Fsp3) is 0.467. The predicted octanol–water partition coefficient (Wildman–Crippen LogP) is 4.70. The minimum absolute atomic E-state index is 0.0281. The highest BCUT2D eigenvalue weighted by atomic mass is 35.5. The molecule has 0 aliphatic carbocycles. The number of hydrogen-bond acceptors (Lipinski definition) is 1. The Bertz CT molecular complexity index is 401. The molecule has 1 nitrogen and oxygen atoms in total. The second-order valence-electron chi connectivity index (χ2n) is 4.52. The molecule has 2 heteroatoms. The summed E-state index contributed by atoms with van der Waals surface area (Å²) in [6.45, 7) is 5.25. The van der Waals surface area contributed by atoms with Crippen molar-refractivity contribution in [3.63, 3.8) is 0 Å². The Morgan fingerprint density at radius 2 is 1.88 bits per heavy atom. The molecule has 1 aromatic rings. The first-order chi connectivity index (χ1) is 8.20. The van der Waals surface area contributed by atoms with Crippen LogP contribution in [0.1, 0.15) is 38.7 Å². The lowest BCUT2D eigenvalue weighted by molar-refractivity contribution is 0.0188. The maximum atomic E-state index is 5.95. The molecule has 1 fully saturated rings. The molecule has 0 unspecified atom stereocenters. The van der Waals surface area contributed by atoms with Crippen LogP contribution in [0, 0.1) is 0 Å². The Hall–Kier alpha value is -0.790. The van der Waals surface area contributed by atoms with Crippen molar-refractivity contribution in [3.05, 3.63) is 40.4 Å². The first-order valence-corrected chi connectivity index (χ1v) is 6.68. The lowest BCUT2D eigenvalue weighted by atomic mass is 9.87. The number of halogens is 1. The van der Waals surface area contributed by atoms with Crippen molar-refractivity contribution in [2.24, 2.45) is 0 Å². The number of rotatable bonds is 3. The van der Waals surface area contributed by atoms with Crippen molar-refractivity contribution < 1.29 is 4.74 Å². The molecule has 0 saturated carbocycles. The molecule has 17 heavy (non-hydrogen) atoms. The molecule has 1 heterocycles. The zero-order valence-electron chi connectivity index (χ0n) is 10.5. The molecule has 0 N–H and O–H groups in total. The van der Waals surface area contributed by atoms with Gasteiger partial charge in [0.15, 0.2) is 0 Å². The Morgan fingerprint density at radius 3 is 2.47 bits per heavy atom. The minimum Gasteiger partial charge on any atom is -0.370 e. The van der Waals surface area contributed by atoms with E-state index in [4.69, 9.17) is 16.3 Å². The van der Waals surface area contributed by atoms with Gasteiger partial charge in [-0.25, -0.2) is 0 Å². The quantitative estimate of drug-likeness (QED) is 0.755. The van der Waals surface area contributed by atoms with Gasteiger partial charge in [-0.2, -0.15) is 0 Å². The second-order valence-corrected chi connectivity index (χ2v) is 4.96. The average molecular weight is 251 g/mol. The Morgan fingerprint density at radius 1 is 1.24 bits per heavy atom. The van der Waals surface area contributed by atoms with E-state index < -0.39 is 0 Å². The summed E-state index contributed by atoms with van der Waals surface area (Å²) in [5, 5.41) is 0.784. The smallest absolute Gasteiger partial charge is 0.0890 e. The minimum atomic E-state index is -0.0281. The van der Waals surface area contributed by atoms with Crippen molar-refractivity contribution in [2.45, 2.75) is 38.7 Å². The molecule has 1 aliphatic heterocycles. The van der Waals surface area contributed by atoms with Crippen LogP contribution in [0.5, 0.6) is 0 Å². The summed E-state index contributed by atoms with van der Waals surface area (Å²) < 4.78 is 5.95. The first kappa shape index (κ1) is 12.7. The number of hydrogen-bond donors (Lipinski definition) is 0. The summed E-state index contributed by atoms with van der Waals surface area (Å²) in [5.41, 5.74) is 2.60. The fourth-order valence-electron chi connectivity index (χ4n) is 2.55. The van der Waals surface area contributed by atoms with Crippen LogP contribution in [-0.2, 0) is 4.74 Å². The van der Waals surface area contributed by atoms with Gasteiger partial charge in [0, 0.05) is 5.02 Å². The SMILES string of the molecule is CCC1(CC)OCC/C1=C/c1ccc(Cl)cc1.